The van der Waals surface area contributed by atoms with Crippen molar-refractivity contribution in [2.24, 2.45) is 0 Å². The summed E-state index contributed by atoms with van der Waals surface area (Å²) in [4.78, 5) is 12.1. The lowest BCUT2D eigenvalue weighted by atomic mass is 9.88. The van der Waals surface area contributed by atoms with Crippen LogP contribution in [0.1, 0.15) is 34.7 Å². The Labute approximate surface area is 165 Å². The van der Waals surface area contributed by atoms with Gasteiger partial charge in [-0.05, 0) is 37.0 Å². The quantitative estimate of drug-likeness (QED) is 0.650. The third-order valence-electron chi connectivity index (χ3n) is 4.72. The summed E-state index contributed by atoms with van der Waals surface area (Å²) in [5.74, 6) is 0.429. The van der Waals surface area contributed by atoms with Gasteiger partial charge in [0.25, 0.3) is 5.91 Å². The fourth-order valence-corrected chi connectivity index (χ4v) is 3.04. The molecule has 1 N–H and O–H groups in total. The topological polar surface area (TPSA) is 64.1 Å². The fourth-order valence-electron chi connectivity index (χ4n) is 3.04. The standard InChI is InChI=1S/C23H25N3O2/c1-17-15-23(26-25-18(17)2)28-16-22(27)24-14-13-21(19-9-5-3-6-10-19)20-11-7-4-8-12-20/h3-12,15,21H,13-14,16H2,1-2H3,(H,24,27). The number of hydrogen-bond acceptors (Lipinski definition) is 4. The van der Waals surface area contributed by atoms with Crippen LogP contribution in [-0.2, 0) is 4.79 Å². The lowest BCUT2D eigenvalue weighted by Gasteiger charge is -2.18. The van der Waals surface area contributed by atoms with Crippen LogP contribution in [0.4, 0.5) is 0 Å². The minimum Gasteiger partial charge on any atom is -0.466 e. The molecule has 1 heterocycles. The second kappa shape index (κ2) is 9.65. The Balaban J connectivity index is 1.53. The predicted octanol–water partition coefficient (Wildman–Crippen LogP) is 3.81. The molecule has 144 valence electrons. The number of amides is 1. The van der Waals surface area contributed by atoms with Crippen molar-refractivity contribution in [3.63, 3.8) is 0 Å². The first kappa shape index (κ1) is 19.5. The lowest BCUT2D eigenvalue weighted by Crippen LogP contribution is -2.30. The van der Waals surface area contributed by atoms with Crippen LogP contribution in [0.15, 0.2) is 66.7 Å². The fraction of sp³-hybridized carbons (Fsp3) is 0.261. The Hall–Kier alpha value is -3.21. The van der Waals surface area contributed by atoms with E-state index in [0.29, 0.717) is 12.4 Å². The number of carbonyl (C=O) groups excluding carboxylic acids is 1. The van der Waals surface area contributed by atoms with E-state index in [1.54, 1.807) is 6.07 Å². The third-order valence-corrected chi connectivity index (χ3v) is 4.72. The van der Waals surface area contributed by atoms with Gasteiger partial charge in [0, 0.05) is 18.5 Å². The summed E-state index contributed by atoms with van der Waals surface area (Å²) in [6, 6.07) is 22.5. The number of aromatic nitrogens is 2. The van der Waals surface area contributed by atoms with Gasteiger partial charge < -0.3 is 10.1 Å². The molecule has 0 saturated heterocycles. The van der Waals surface area contributed by atoms with Crippen molar-refractivity contribution in [3.8, 4) is 5.88 Å². The largest absolute Gasteiger partial charge is 0.466 e. The van der Waals surface area contributed by atoms with Gasteiger partial charge in [-0.25, -0.2) is 0 Å². The Morgan fingerprint density at radius 2 is 1.57 bits per heavy atom. The summed E-state index contributed by atoms with van der Waals surface area (Å²) in [6.45, 7) is 4.31. The maximum atomic E-state index is 12.1. The minimum atomic E-state index is -0.167. The summed E-state index contributed by atoms with van der Waals surface area (Å²) >= 11 is 0. The molecule has 0 atom stereocenters. The van der Waals surface area contributed by atoms with Crippen molar-refractivity contribution in [3.05, 3.63) is 89.1 Å². The van der Waals surface area contributed by atoms with Gasteiger partial charge in [0.1, 0.15) is 0 Å². The number of aryl methyl sites for hydroxylation is 2. The Morgan fingerprint density at radius 1 is 0.964 bits per heavy atom. The zero-order chi connectivity index (χ0) is 19.8. The zero-order valence-electron chi connectivity index (χ0n) is 16.3. The molecule has 3 aromatic rings. The van der Waals surface area contributed by atoms with Gasteiger partial charge in [-0.3, -0.25) is 4.79 Å². The van der Waals surface area contributed by atoms with Gasteiger partial charge in [-0.2, -0.15) is 5.10 Å². The molecule has 5 heteroatoms. The summed E-state index contributed by atoms with van der Waals surface area (Å²) in [6.07, 6.45) is 0.809. The second-order valence-corrected chi connectivity index (χ2v) is 6.75. The Morgan fingerprint density at radius 3 is 2.14 bits per heavy atom. The molecule has 0 aliphatic rings. The van der Waals surface area contributed by atoms with Crippen LogP contribution in [0.2, 0.25) is 0 Å². The predicted molar refractivity (Wildman–Crippen MR) is 109 cm³/mol. The molecule has 2 aromatic carbocycles. The van der Waals surface area contributed by atoms with Crippen LogP contribution in [-0.4, -0.2) is 29.3 Å². The molecule has 0 fully saturated rings. The van der Waals surface area contributed by atoms with Crippen molar-refractivity contribution in [1.29, 1.82) is 0 Å². The van der Waals surface area contributed by atoms with Gasteiger partial charge >= 0.3 is 0 Å². The van der Waals surface area contributed by atoms with Gasteiger partial charge in [-0.1, -0.05) is 60.7 Å². The van der Waals surface area contributed by atoms with E-state index in [1.807, 2.05) is 50.2 Å². The number of benzene rings is 2. The summed E-state index contributed by atoms with van der Waals surface area (Å²) in [5.41, 5.74) is 4.32. The molecular formula is C23H25N3O2. The SMILES string of the molecule is Cc1cc(OCC(=O)NCCC(c2ccccc2)c2ccccc2)nnc1C. The molecule has 0 bridgehead atoms. The van der Waals surface area contributed by atoms with Gasteiger partial charge in [0.05, 0.1) is 5.69 Å². The van der Waals surface area contributed by atoms with Crippen LogP contribution in [0, 0.1) is 13.8 Å². The molecule has 0 aliphatic carbocycles. The smallest absolute Gasteiger partial charge is 0.258 e. The molecule has 3 rings (SSSR count). The van der Waals surface area contributed by atoms with Gasteiger partial charge in [0.15, 0.2) is 6.61 Å². The van der Waals surface area contributed by atoms with E-state index in [-0.39, 0.29) is 18.4 Å². The highest BCUT2D eigenvalue weighted by atomic mass is 16.5. The first-order chi connectivity index (χ1) is 13.6. The third kappa shape index (κ3) is 5.39. The maximum Gasteiger partial charge on any atom is 0.258 e. The van der Waals surface area contributed by atoms with Gasteiger partial charge in [-0.15, -0.1) is 5.10 Å². The summed E-state index contributed by atoms with van der Waals surface area (Å²) in [7, 11) is 0. The van der Waals surface area contributed by atoms with Crippen molar-refractivity contribution >= 4 is 5.91 Å². The average molecular weight is 375 g/mol. The number of carbonyl (C=O) groups is 1. The number of rotatable bonds is 8. The van der Waals surface area contributed by atoms with Crippen LogP contribution in [0.25, 0.3) is 0 Å². The minimum absolute atomic E-state index is 0.0709. The van der Waals surface area contributed by atoms with Crippen LogP contribution in [0.5, 0.6) is 5.88 Å². The first-order valence-electron chi connectivity index (χ1n) is 9.44. The number of nitrogens with zero attached hydrogens (tertiary/aromatic N) is 2. The van der Waals surface area contributed by atoms with E-state index >= 15 is 0 Å². The van der Waals surface area contributed by atoms with Crippen molar-refractivity contribution in [2.45, 2.75) is 26.2 Å². The molecule has 0 aliphatic heterocycles. The summed E-state index contributed by atoms with van der Waals surface area (Å²) in [5, 5.41) is 10.9. The van der Waals surface area contributed by atoms with E-state index in [2.05, 4.69) is 39.8 Å². The van der Waals surface area contributed by atoms with E-state index in [0.717, 1.165) is 17.7 Å². The molecule has 28 heavy (non-hydrogen) atoms. The highest BCUT2D eigenvalue weighted by molar-refractivity contribution is 5.77. The zero-order valence-corrected chi connectivity index (χ0v) is 16.3. The number of ether oxygens (including phenoxy) is 1. The molecular weight excluding hydrogens is 350 g/mol. The van der Waals surface area contributed by atoms with E-state index in [1.165, 1.54) is 11.1 Å². The van der Waals surface area contributed by atoms with Gasteiger partial charge in [0.2, 0.25) is 5.88 Å². The lowest BCUT2D eigenvalue weighted by molar-refractivity contribution is -0.123. The molecule has 0 saturated carbocycles. The van der Waals surface area contributed by atoms with Crippen LogP contribution < -0.4 is 10.1 Å². The van der Waals surface area contributed by atoms with Crippen molar-refractivity contribution in [1.82, 2.24) is 15.5 Å². The monoisotopic (exact) mass is 375 g/mol. The normalized spacial score (nSPS) is 10.7. The Kier molecular flexibility index (Phi) is 6.73. The van der Waals surface area contributed by atoms with Crippen molar-refractivity contribution in [2.75, 3.05) is 13.2 Å². The number of hydrogen-bond donors (Lipinski definition) is 1. The second-order valence-electron chi connectivity index (χ2n) is 6.75. The molecule has 5 nitrogen and oxygen atoms in total. The van der Waals surface area contributed by atoms with Crippen LogP contribution in [0.3, 0.4) is 0 Å². The molecule has 1 amide bonds. The molecule has 1 aromatic heterocycles. The van der Waals surface area contributed by atoms with E-state index < -0.39 is 0 Å². The molecule has 0 radical (unpaired) electrons. The average Bonchev–Trinajstić information content (AvgIpc) is 2.73. The highest BCUT2D eigenvalue weighted by Gasteiger charge is 2.14. The summed E-state index contributed by atoms with van der Waals surface area (Å²) < 4.78 is 5.44. The maximum absolute atomic E-state index is 12.1. The Bertz CT molecular complexity index is 859. The van der Waals surface area contributed by atoms with Crippen molar-refractivity contribution < 1.29 is 9.53 Å². The van der Waals surface area contributed by atoms with E-state index in [9.17, 15) is 4.79 Å². The molecule has 0 unspecified atom stereocenters. The first-order valence-corrected chi connectivity index (χ1v) is 9.44. The van der Waals surface area contributed by atoms with Crippen LogP contribution >= 0.6 is 0 Å². The van der Waals surface area contributed by atoms with E-state index in [4.69, 9.17) is 4.74 Å². The molecule has 0 spiro atoms. The number of nitrogens with one attached hydrogen (secondary N) is 1. The highest BCUT2D eigenvalue weighted by Crippen LogP contribution is 2.27.